The van der Waals surface area contributed by atoms with Crippen molar-refractivity contribution in [2.45, 2.75) is 12.7 Å². The Balaban J connectivity index is 0.00000225. The molecule has 0 aliphatic heterocycles. The van der Waals surface area contributed by atoms with Crippen molar-refractivity contribution in [2.75, 3.05) is 6.54 Å². The van der Waals surface area contributed by atoms with E-state index in [9.17, 15) is 13.2 Å². The van der Waals surface area contributed by atoms with Crippen molar-refractivity contribution >= 4 is 12.4 Å². The second-order valence-corrected chi connectivity index (χ2v) is 2.96. The zero-order valence-corrected chi connectivity index (χ0v) is 9.16. The van der Waals surface area contributed by atoms with E-state index in [4.69, 9.17) is 6.42 Å². The average molecular weight is 250 g/mol. The topological polar surface area (TPSA) is 12.0 Å². The van der Waals surface area contributed by atoms with Gasteiger partial charge >= 0.3 is 6.18 Å². The number of terminal acetylenes is 1. The fourth-order valence-corrected chi connectivity index (χ4v) is 1.22. The van der Waals surface area contributed by atoms with Gasteiger partial charge in [-0.1, -0.05) is 24.1 Å². The SMILES string of the molecule is C#CCNCc1ccccc1C(F)(F)F.Cl. The first-order valence-corrected chi connectivity index (χ1v) is 4.35. The molecule has 0 aliphatic rings. The molecule has 0 bridgehead atoms. The highest BCUT2D eigenvalue weighted by Gasteiger charge is 2.32. The van der Waals surface area contributed by atoms with E-state index in [1.807, 2.05) is 0 Å². The molecule has 1 N–H and O–H groups in total. The van der Waals surface area contributed by atoms with Crippen LogP contribution in [0.15, 0.2) is 24.3 Å². The first kappa shape index (κ1) is 14.8. The Bertz CT molecular complexity index is 368. The molecule has 0 saturated carbocycles. The van der Waals surface area contributed by atoms with Gasteiger partial charge in [0.05, 0.1) is 12.1 Å². The lowest BCUT2D eigenvalue weighted by atomic mass is 10.1. The largest absolute Gasteiger partial charge is 0.416 e. The summed E-state index contributed by atoms with van der Waals surface area (Å²) in [6.07, 6.45) is 0.671. The molecule has 1 rings (SSSR count). The zero-order valence-electron chi connectivity index (χ0n) is 8.34. The normalized spacial score (nSPS) is 10.4. The molecular formula is C11H11ClF3N. The molecule has 5 heteroatoms. The summed E-state index contributed by atoms with van der Waals surface area (Å²) in [5, 5.41) is 2.73. The molecule has 0 spiro atoms. The first-order chi connectivity index (χ1) is 7.05. The Morgan fingerprint density at radius 1 is 1.25 bits per heavy atom. The summed E-state index contributed by atoms with van der Waals surface area (Å²) < 4.78 is 37.5. The molecule has 0 saturated heterocycles. The highest BCUT2D eigenvalue weighted by atomic mass is 35.5. The van der Waals surface area contributed by atoms with E-state index >= 15 is 0 Å². The predicted molar refractivity (Wildman–Crippen MR) is 59.2 cm³/mol. The lowest BCUT2D eigenvalue weighted by molar-refractivity contribution is -0.138. The summed E-state index contributed by atoms with van der Waals surface area (Å²) in [4.78, 5) is 0. The number of nitrogens with one attached hydrogen (secondary N) is 1. The summed E-state index contributed by atoms with van der Waals surface area (Å²) >= 11 is 0. The summed E-state index contributed by atoms with van der Waals surface area (Å²) in [5.74, 6) is 2.30. The standard InChI is InChI=1S/C11H10F3N.ClH/c1-2-7-15-8-9-5-3-4-6-10(9)11(12,13)14;/h1,3-6,15H,7-8H2;1H. The average Bonchev–Trinajstić information content (AvgIpc) is 2.17. The molecule has 0 amide bonds. The minimum absolute atomic E-state index is 0. The number of hydrogen-bond donors (Lipinski definition) is 1. The molecular weight excluding hydrogens is 239 g/mol. The Kier molecular flexibility index (Phi) is 5.94. The van der Waals surface area contributed by atoms with Crippen LogP contribution in [-0.4, -0.2) is 6.54 Å². The maximum atomic E-state index is 12.5. The van der Waals surface area contributed by atoms with Crippen LogP contribution in [0.4, 0.5) is 13.2 Å². The van der Waals surface area contributed by atoms with Gasteiger partial charge in [-0.3, -0.25) is 0 Å². The number of alkyl halides is 3. The Labute approximate surface area is 98.5 Å². The number of rotatable bonds is 3. The monoisotopic (exact) mass is 249 g/mol. The van der Waals surface area contributed by atoms with Crippen LogP contribution in [0.1, 0.15) is 11.1 Å². The van der Waals surface area contributed by atoms with E-state index in [1.54, 1.807) is 6.07 Å². The molecule has 1 aromatic rings. The molecule has 16 heavy (non-hydrogen) atoms. The highest BCUT2D eigenvalue weighted by molar-refractivity contribution is 5.85. The van der Waals surface area contributed by atoms with Gasteiger partial charge in [-0.25, -0.2) is 0 Å². The summed E-state index contributed by atoms with van der Waals surface area (Å²) in [6, 6.07) is 5.44. The second-order valence-electron chi connectivity index (χ2n) is 2.96. The van der Waals surface area contributed by atoms with Crippen molar-refractivity contribution in [1.29, 1.82) is 0 Å². The molecule has 1 nitrogen and oxygen atoms in total. The van der Waals surface area contributed by atoms with Gasteiger partial charge in [0.25, 0.3) is 0 Å². The van der Waals surface area contributed by atoms with Crippen LogP contribution >= 0.6 is 12.4 Å². The van der Waals surface area contributed by atoms with Crippen molar-refractivity contribution in [3.63, 3.8) is 0 Å². The fourth-order valence-electron chi connectivity index (χ4n) is 1.22. The Morgan fingerprint density at radius 2 is 1.88 bits per heavy atom. The minimum atomic E-state index is -4.31. The predicted octanol–water partition coefficient (Wildman–Crippen LogP) is 2.85. The molecule has 0 heterocycles. The number of hydrogen-bond acceptors (Lipinski definition) is 1. The van der Waals surface area contributed by atoms with Crippen molar-refractivity contribution < 1.29 is 13.2 Å². The van der Waals surface area contributed by atoms with Gasteiger partial charge < -0.3 is 5.32 Å². The zero-order chi connectivity index (χ0) is 11.3. The van der Waals surface area contributed by atoms with Crippen molar-refractivity contribution in [3.8, 4) is 12.3 Å². The summed E-state index contributed by atoms with van der Waals surface area (Å²) in [5.41, 5.74) is -0.408. The van der Waals surface area contributed by atoms with Crippen LogP contribution in [-0.2, 0) is 12.7 Å². The van der Waals surface area contributed by atoms with Gasteiger partial charge in [-0.05, 0) is 11.6 Å². The third-order valence-corrected chi connectivity index (χ3v) is 1.87. The van der Waals surface area contributed by atoms with E-state index in [2.05, 4.69) is 11.2 Å². The smallest absolute Gasteiger partial charge is 0.302 e. The van der Waals surface area contributed by atoms with Gasteiger partial charge in [-0.2, -0.15) is 13.2 Å². The maximum Gasteiger partial charge on any atom is 0.416 e. The summed E-state index contributed by atoms with van der Waals surface area (Å²) in [7, 11) is 0. The van der Waals surface area contributed by atoms with Crippen molar-refractivity contribution in [2.24, 2.45) is 0 Å². The van der Waals surface area contributed by atoms with E-state index in [1.165, 1.54) is 12.1 Å². The van der Waals surface area contributed by atoms with Crippen molar-refractivity contribution in [3.05, 3.63) is 35.4 Å². The molecule has 0 aromatic heterocycles. The van der Waals surface area contributed by atoms with Crippen LogP contribution in [0.5, 0.6) is 0 Å². The Hall–Kier alpha value is -1.18. The van der Waals surface area contributed by atoms with Crippen LogP contribution in [0.25, 0.3) is 0 Å². The van der Waals surface area contributed by atoms with Crippen molar-refractivity contribution in [1.82, 2.24) is 5.32 Å². The molecule has 0 radical (unpaired) electrons. The highest BCUT2D eigenvalue weighted by Crippen LogP contribution is 2.31. The lowest BCUT2D eigenvalue weighted by Gasteiger charge is -2.12. The Morgan fingerprint density at radius 3 is 2.44 bits per heavy atom. The molecule has 0 fully saturated rings. The third kappa shape index (κ3) is 4.13. The third-order valence-electron chi connectivity index (χ3n) is 1.87. The van der Waals surface area contributed by atoms with Gasteiger partial charge in [-0.15, -0.1) is 18.8 Å². The van der Waals surface area contributed by atoms with E-state index in [0.29, 0.717) is 0 Å². The number of benzene rings is 1. The summed E-state index contributed by atoms with van der Waals surface area (Å²) in [6.45, 7) is 0.381. The molecule has 1 aromatic carbocycles. The molecule has 0 atom stereocenters. The second kappa shape index (κ2) is 6.41. The quantitative estimate of drug-likeness (QED) is 0.642. The van der Waals surface area contributed by atoms with Crippen LogP contribution < -0.4 is 5.32 Å². The van der Waals surface area contributed by atoms with Gasteiger partial charge in [0, 0.05) is 6.54 Å². The van der Waals surface area contributed by atoms with Crippen LogP contribution in [0.2, 0.25) is 0 Å². The number of halogens is 4. The van der Waals surface area contributed by atoms with Gasteiger partial charge in [0.15, 0.2) is 0 Å². The van der Waals surface area contributed by atoms with E-state index in [-0.39, 0.29) is 31.1 Å². The molecule has 0 aliphatic carbocycles. The van der Waals surface area contributed by atoms with Crippen LogP contribution in [0.3, 0.4) is 0 Å². The van der Waals surface area contributed by atoms with E-state index in [0.717, 1.165) is 6.07 Å². The first-order valence-electron chi connectivity index (χ1n) is 4.35. The minimum Gasteiger partial charge on any atom is -0.302 e. The maximum absolute atomic E-state index is 12.5. The van der Waals surface area contributed by atoms with Gasteiger partial charge in [0.2, 0.25) is 0 Å². The molecule has 0 unspecified atom stereocenters. The fraction of sp³-hybridized carbons (Fsp3) is 0.273. The van der Waals surface area contributed by atoms with Gasteiger partial charge in [0.1, 0.15) is 0 Å². The van der Waals surface area contributed by atoms with E-state index < -0.39 is 11.7 Å². The van der Waals surface area contributed by atoms with Crippen LogP contribution in [0, 0.1) is 12.3 Å². The lowest BCUT2D eigenvalue weighted by Crippen LogP contribution is -2.17. The molecule has 88 valence electrons.